The average molecular weight is 297 g/mol. The van der Waals surface area contributed by atoms with E-state index >= 15 is 0 Å². The number of halogens is 1. The van der Waals surface area contributed by atoms with Crippen molar-refractivity contribution >= 4 is 22.6 Å². The van der Waals surface area contributed by atoms with Crippen molar-refractivity contribution in [2.24, 2.45) is 0 Å². The molecule has 4 aromatic rings. The summed E-state index contributed by atoms with van der Waals surface area (Å²) in [5.74, 6) is 1.28. The van der Waals surface area contributed by atoms with Crippen LogP contribution in [0.1, 0.15) is 0 Å². The van der Waals surface area contributed by atoms with Crippen molar-refractivity contribution in [3.63, 3.8) is 0 Å². The van der Waals surface area contributed by atoms with Crippen LogP contribution in [-0.2, 0) is 0 Å². The molecule has 0 atom stereocenters. The number of rotatable bonds is 2. The second-order valence-corrected chi connectivity index (χ2v) is 4.94. The van der Waals surface area contributed by atoms with Gasteiger partial charge in [-0.2, -0.15) is 0 Å². The van der Waals surface area contributed by atoms with Gasteiger partial charge in [-0.15, -0.1) is 0 Å². The van der Waals surface area contributed by atoms with Crippen LogP contribution in [0.3, 0.4) is 0 Å². The predicted octanol–water partition coefficient (Wildman–Crippen LogP) is 4.80. The standard InChI is InChI=1S/C16H9ClN2O2/c17-10-5-6-11-12(9-10)19-16(14-4-2-8-21-14)15(18-11)13-3-1-7-20-13/h1-9H. The van der Waals surface area contributed by atoms with Gasteiger partial charge in [0.15, 0.2) is 11.5 Å². The Hall–Kier alpha value is -2.59. The van der Waals surface area contributed by atoms with Gasteiger partial charge in [-0.25, -0.2) is 9.97 Å². The third-order valence-electron chi connectivity index (χ3n) is 3.14. The highest BCUT2D eigenvalue weighted by atomic mass is 35.5. The molecule has 1 aromatic carbocycles. The summed E-state index contributed by atoms with van der Waals surface area (Å²) in [5.41, 5.74) is 2.74. The number of hydrogen-bond acceptors (Lipinski definition) is 4. The number of nitrogens with zero attached hydrogens (tertiary/aromatic N) is 2. The smallest absolute Gasteiger partial charge is 0.154 e. The van der Waals surface area contributed by atoms with Gasteiger partial charge in [0, 0.05) is 5.02 Å². The second-order valence-electron chi connectivity index (χ2n) is 4.51. The molecule has 0 aliphatic heterocycles. The van der Waals surface area contributed by atoms with E-state index in [0.717, 1.165) is 5.52 Å². The Morgan fingerprint density at radius 1 is 0.762 bits per heavy atom. The summed E-state index contributed by atoms with van der Waals surface area (Å²) in [5, 5.41) is 0.618. The highest BCUT2D eigenvalue weighted by Gasteiger charge is 2.17. The maximum absolute atomic E-state index is 6.03. The fourth-order valence-electron chi connectivity index (χ4n) is 2.20. The molecule has 0 saturated carbocycles. The van der Waals surface area contributed by atoms with Gasteiger partial charge in [0.05, 0.1) is 23.6 Å². The Morgan fingerprint density at radius 2 is 1.38 bits per heavy atom. The summed E-state index contributed by atoms with van der Waals surface area (Å²) in [6, 6.07) is 12.7. The van der Waals surface area contributed by atoms with Crippen molar-refractivity contribution < 1.29 is 8.83 Å². The van der Waals surface area contributed by atoms with Gasteiger partial charge < -0.3 is 8.83 Å². The molecule has 3 heterocycles. The fraction of sp³-hybridized carbons (Fsp3) is 0. The molecule has 21 heavy (non-hydrogen) atoms. The molecule has 5 heteroatoms. The van der Waals surface area contributed by atoms with Gasteiger partial charge in [0.1, 0.15) is 11.4 Å². The van der Waals surface area contributed by atoms with Crippen LogP contribution in [0.4, 0.5) is 0 Å². The summed E-state index contributed by atoms with van der Waals surface area (Å²) < 4.78 is 10.9. The molecule has 0 aliphatic carbocycles. The number of furan rings is 2. The topological polar surface area (TPSA) is 52.1 Å². The molecule has 0 fully saturated rings. The van der Waals surface area contributed by atoms with Crippen LogP contribution in [0, 0.1) is 0 Å². The molecule has 4 nitrogen and oxygen atoms in total. The lowest BCUT2D eigenvalue weighted by Gasteiger charge is -2.06. The van der Waals surface area contributed by atoms with E-state index in [-0.39, 0.29) is 0 Å². The number of aromatic nitrogens is 2. The molecule has 0 radical (unpaired) electrons. The zero-order chi connectivity index (χ0) is 14.2. The highest BCUT2D eigenvalue weighted by molar-refractivity contribution is 6.31. The maximum atomic E-state index is 6.03. The molecular weight excluding hydrogens is 288 g/mol. The van der Waals surface area contributed by atoms with Gasteiger partial charge >= 0.3 is 0 Å². The number of fused-ring (bicyclic) bond motifs is 1. The summed E-state index contributed by atoms with van der Waals surface area (Å²) in [7, 11) is 0. The predicted molar refractivity (Wildman–Crippen MR) is 80.0 cm³/mol. The highest BCUT2D eigenvalue weighted by Crippen LogP contribution is 2.31. The van der Waals surface area contributed by atoms with E-state index in [0.29, 0.717) is 33.4 Å². The number of benzene rings is 1. The molecule has 0 aliphatic rings. The molecule has 102 valence electrons. The summed E-state index contributed by atoms with van der Waals surface area (Å²) in [4.78, 5) is 9.27. The first-order chi connectivity index (χ1) is 10.3. The average Bonchev–Trinajstić information content (AvgIpc) is 3.19. The summed E-state index contributed by atoms with van der Waals surface area (Å²) in [6.07, 6.45) is 3.21. The molecule has 0 unspecified atom stereocenters. The largest absolute Gasteiger partial charge is 0.463 e. The minimum Gasteiger partial charge on any atom is -0.463 e. The molecule has 0 bridgehead atoms. The van der Waals surface area contributed by atoms with E-state index in [9.17, 15) is 0 Å². The maximum Gasteiger partial charge on any atom is 0.154 e. The second kappa shape index (κ2) is 4.75. The lowest BCUT2D eigenvalue weighted by molar-refractivity contribution is 0.572. The van der Waals surface area contributed by atoms with Gasteiger partial charge in [-0.3, -0.25) is 0 Å². The Balaban J connectivity index is 2.05. The van der Waals surface area contributed by atoms with Crippen LogP contribution < -0.4 is 0 Å². The quantitative estimate of drug-likeness (QED) is 0.533. The van der Waals surface area contributed by atoms with Gasteiger partial charge in [-0.05, 0) is 42.5 Å². The van der Waals surface area contributed by atoms with Gasteiger partial charge in [0.25, 0.3) is 0 Å². The molecule has 0 saturated heterocycles. The zero-order valence-corrected chi connectivity index (χ0v) is 11.5. The van der Waals surface area contributed by atoms with Crippen molar-refractivity contribution in [3.05, 3.63) is 60.0 Å². The van der Waals surface area contributed by atoms with E-state index in [4.69, 9.17) is 20.4 Å². The SMILES string of the molecule is Clc1ccc2nc(-c3ccco3)c(-c3ccco3)nc2c1. The Labute approximate surface area is 125 Å². The first kappa shape index (κ1) is 12.2. The minimum atomic E-state index is 0.618. The molecule has 0 spiro atoms. The van der Waals surface area contributed by atoms with Crippen LogP contribution in [-0.4, -0.2) is 9.97 Å². The van der Waals surface area contributed by atoms with E-state index < -0.39 is 0 Å². The van der Waals surface area contributed by atoms with Crippen LogP contribution in [0.2, 0.25) is 5.02 Å². The zero-order valence-electron chi connectivity index (χ0n) is 10.8. The monoisotopic (exact) mass is 296 g/mol. The molecule has 0 N–H and O–H groups in total. The number of hydrogen-bond donors (Lipinski definition) is 0. The minimum absolute atomic E-state index is 0.618. The van der Waals surface area contributed by atoms with E-state index in [1.807, 2.05) is 30.3 Å². The molecule has 0 amide bonds. The summed E-state index contributed by atoms with van der Waals surface area (Å²) >= 11 is 6.03. The molecule has 3 aromatic heterocycles. The van der Waals surface area contributed by atoms with Crippen molar-refractivity contribution in [1.29, 1.82) is 0 Å². The van der Waals surface area contributed by atoms with Crippen LogP contribution >= 0.6 is 11.6 Å². The fourth-order valence-corrected chi connectivity index (χ4v) is 2.36. The normalized spacial score (nSPS) is 11.1. The first-order valence-corrected chi connectivity index (χ1v) is 6.74. The Kier molecular flexibility index (Phi) is 2.75. The van der Waals surface area contributed by atoms with Crippen molar-refractivity contribution in [2.75, 3.05) is 0 Å². The molecule has 4 rings (SSSR count). The van der Waals surface area contributed by atoms with E-state index in [1.165, 1.54) is 0 Å². The van der Waals surface area contributed by atoms with Crippen LogP contribution in [0.15, 0.2) is 63.8 Å². The lowest BCUT2D eigenvalue weighted by Crippen LogP contribution is -1.93. The first-order valence-electron chi connectivity index (χ1n) is 6.36. The molecular formula is C16H9ClN2O2. The Bertz CT molecular complexity index is 900. The third kappa shape index (κ3) is 2.10. The third-order valence-corrected chi connectivity index (χ3v) is 3.37. The van der Waals surface area contributed by atoms with Gasteiger partial charge in [-0.1, -0.05) is 11.6 Å². The van der Waals surface area contributed by atoms with Crippen molar-refractivity contribution in [1.82, 2.24) is 9.97 Å². The Morgan fingerprint density at radius 3 is 1.95 bits per heavy atom. The van der Waals surface area contributed by atoms with E-state index in [2.05, 4.69) is 9.97 Å². The lowest BCUT2D eigenvalue weighted by atomic mass is 10.2. The van der Waals surface area contributed by atoms with Crippen molar-refractivity contribution in [2.45, 2.75) is 0 Å². The summed E-state index contributed by atoms with van der Waals surface area (Å²) in [6.45, 7) is 0. The van der Waals surface area contributed by atoms with Crippen LogP contribution in [0.5, 0.6) is 0 Å². The van der Waals surface area contributed by atoms with E-state index in [1.54, 1.807) is 24.7 Å². The van der Waals surface area contributed by atoms with Crippen LogP contribution in [0.25, 0.3) is 33.9 Å². The van der Waals surface area contributed by atoms with Crippen molar-refractivity contribution in [3.8, 4) is 22.9 Å². The van der Waals surface area contributed by atoms with Gasteiger partial charge in [0.2, 0.25) is 0 Å².